The molecule has 0 aromatic carbocycles. The van der Waals surface area contributed by atoms with E-state index in [0.717, 1.165) is 0 Å². The predicted molar refractivity (Wildman–Crippen MR) is 95.1 cm³/mol. The normalized spacial score (nSPS) is 21.0. The molecule has 1 saturated heterocycles. The lowest BCUT2D eigenvalue weighted by molar-refractivity contribution is -0.133. The van der Waals surface area contributed by atoms with Gasteiger partial charge in [0.1, 0.15) is 6.10 Å². The molecule has 0 spiro atoms. The van der Waals surface area contributed by atoms with Gasteiger partial charge < -0.3 is 9.47 Å². The fourth-order valence-corrected chi connectivity index (χ4v) is 2.98. The lowest BCUT2D eigenvalue weighted by atomic mass is 10.1. The van der Waals surface area contributed by atoms with Crippen LogP contribution in [0.1, 0.15) is 97.8 Å². The van der Waals surface area contributed by atoms with Gasteiger partial charge in [-0.05, 0) is 26.7 Å². The van der Waals surface area contributed by atoms with Crippen molar-refractivity contribution < 1.29 is 9.47 Å². The van der Waals surface area contributed by atoms with Gasteiger partial charge in [0.2, 0.25) is 0 Å². The fraction of sp³-hybridized carbons (Fsp3) is 0.900. The Bertz CT molecular complexity index is 283. The third-order valence-electron chi connectivity index (χ3n) is 4.36. The van der Waals surface area contributed by atoms with Crippen LogP contribution in [0.15, 0.2) is 12.2 Å². The lowest BCUT2D eigenvalue weighted by Gasteiger charge is -2.15. The summed E-state index contributed by atoms with van der Waals surface area (Å²) in [6, 6.07) is 0. The van der Waals surface area contributed by atoms with Crippen molar-refractivity contribution in [3.8, 4) is 0 Å². The largest absolute Gasteiger partial charge is 0.347 e. The smallest absolute Gasteiger partial charge is 0.163 e. The van der Waals surface area contributed by atoms with Crippen molar-refractivity contribution >= 4 is 0 Å². The number of allylic oxidation sites excluding steroid dienone is 1. The molecule has 0 aliphatic carbocycles. The maximum atomic E-state index is 5.75. The van der Waals surface area contributed by atoms with Crippen LogP contribution in [-0.2, 0) is 9.47 Å². The van der Waals surface area contributed by atoms with E-state index >= 15 is 0 Å². The zero-order valence-corrected chi connectivity index (χ0v) is 15.2. The summed E-state index contributed by atoms with van der Waals surface area (Å²) < 4.78 is 11.3. The Balaban J connectivity index is 1.80. The molecule has 1 rings (SSSR count). The zero-order chi connectivity index (χ0) is 16.1. The van der Waals surface area contributed by atoms with E-state index in [1.165, 1.54) is 77.0 Å². The molecule has 0 aromatic rings. The molecule has 0 bridgehead atoms. The first-order chi connectivity index (χ1) is 10.6. The average Bonchev–Trinajstić information content (AvgIpc) is 2.83. The first-order valence-electron chi connectivity index (χ1n) is 9.62. The van der Waals surface area contributed by atoms with Crippen LogP contribution in [0.25, 0.3) is 0 Å². The number of rotatable bonds is 13. The maximum absolute atomic E-state index is 5.75. The number of unbranched alkanes of at least 4 members (excludes halogenated alkanes) is 11. The van der Waals surface area contributed by atoms with E-state index in [-0.39, 0.29) is 6.10 Å². The molecule has 1 fully saturated rings. The summed E-state index contributed by atoms with van der Waals surface area (Å²) in [6.07, 6.45) is 21.3. The van der Waals surface area contributed by atoms with Crippen LogP contribution < -0.4 is 0 Å². The number of ether oxygens (including phenoxy) is 2. The molecule has 2 nitrogen and oxygen atoms in total. The SMILES string of the molecule is CCCCCCCCCCCCC/C=C\[C@H]1COC(C)(C)O1. The van der Waals surface area contributed by atoms with Gasteiger partial charge in [-0.3, -0.25) is 0 Å². The van der Waals surface area contributed by atoms with Gasteiger partial charge in [-0.15, -0.1) is 0 Å². The van der Waals surface area contributed by atoms with Gasteiger partial charge >= 0.3 is 0 Å². The molecule has 130 valence electrons. The summed E-state index contributed by atoms with van der Waals surface area (Å²) >= 11 is 0. The number of hydrogen-bond acceptors (Lipinski definition) is 2. The summed E-state index contributed by atoms with van der Waals surface area (Å²) in [7, 11) is 0. The number of hydrogen-bond donors (Lipinski definition) is 0. The average molecular weight is 311 g/mol. The molecule has 1 aliphatic rings. The standard InChI is InChI=1S/C20H38O2/c1-4-5-6-7-8-9-10-11-12-13-14-15-16-17-19-18-21-20(2,3)22-19/h16-17,19H,4-15,18H2,1-3H3/b17-16-/t19-/m0/s1. The molecular formula is C20H38O2. The van der Waals surface area contributed by atoms with Crippen molar-refractivity contribution in [3.05, 3.63) is 12.2 Å². The summed E-state index contributed by atoms with van der Waals surface area (Å²) in [5.41, 5.74) is 0. The van der Waals surface area contributed by atoms with E-state index in [2.05, 4.69) is 19.1 Å². The Kier molecular flexibility index (Phi) is 10.9. The van der Waals surface area contributed by atoms with Gasteiger partial charge in [0.25, 0.3) is 0 Å². The van der Waals surface area contributed by atoms with Crippen molar-refractivity contribution in [1.29, 1.82) is 0 Å². The molecule has 1 heterocycles. The van der Waals surface area contributed by atoms with E-state index in [1.807, 2.05) is 13.8 Å². The topological polar surface area (TPSA) is 18.5 Å². The summed E-state index contributed by atoms with van der Waals surface area (Å²) in [5.74, 6) is -0.397. The van der Waals surface area contributed by atoms with Gasteiger partial charge in [-0.1, -0.05) is 83.3 Å². The van der Waals surface area contributed by atoms with Crippen LogP contribution in [0.2, 0.25) is 0 Å². The Hall–Kier alpha value is -0.340. The molecule has 1 atom stereocenters. The van der Waals surface area contributed by atoms with E-state index in [4.69, 9.17) is 9.47 Å². The highest BCUT2D eigenvalue weighted by Crippen LogP contribution is 2.23. The highest BCUT2D eigenvalue weighted by Gasteiger charge is 2.30. The van der Waals surface area contributed by atoms with Gasteiger partial charge in [0, 0.05) is 0 Å². The van der Waals surface area contributed by atoms with E-state index in [9.17, 15) is 0 Å². The van der Waals surface area contributed by atoms with E-state index in [1.54, 1.807) is 0 Å². The van der Waals surface area contributed by atoms with Crippen molar-refractivity contribution in [2.75, 3.05) is 6.61 Å². The molecule has 0 N–H and O–H groups in total. The molecule has 2 heteroatoms. The summed E-state index contributed by atoms with van der Waals surface area (Å²) in [5, 5.41) is 0. The van der Waals surface area contributed by atoms with Crippen molar-refractivity contribution in [1.82, 2.24) is 0 Å². The van der Waals surface area contributed by atoms with E-state index in [0.29, 0.717) is 6.61 Å². The molecule has 0 amide bonds. The van der Waals surface area contributed by atoms with Crippen molar-refractivity contribution in [2.24, 2.45) is 0 Å². The Labute approximate surface area is 138 Å². The highest BCUT2D eigenvalue weighted by molar-refractivity contribution is 4.92. The molecule has 0 aromatic heterocycles. The maximum Gasteiger partial charge on any atom is 0.163 e. The Morgan fingerprint density at radius 2 is 1.41 bits per heavy atom. The first-order valence-corrected chi connectivity index (χ1v) is 9.62. The quantitative estimate of drug-likeness (QED) is 0.289. The minimum absolute atomic E-state index is 0.155. The van der Waals surface area contributed by atoms with Gasteiger partial charge in [0.15, 0.2) is 5.79 Å². The second kappa shape index (κ2) is 12.1. The second-order valence-electron chi connectivity index (χ2n) is 7.12. The lowest BCUT2D eigenvalue weighted by Crippen LogP contribution is -2.20. The third kappa shape index (κ3) is 10.4. The monoisotopic (exact) mass is 310 g/mol. The van der Waals surface area contributed by atoms with Crippen molar-refractivity contribution in [2.45, 2.75) is 110 Å². The molecule has 0 radical (unpaired) electrons. The van der Waals surface area contributed by atoms with Gasteiger partial charge in [0.05, 0.1) is 6.61 Å². The minimum atomic E-state index is -0.397. The van der Waals surface area contributed by atoms with Gasteiger partial charge in [-0.25, -0.2) is 0 Å². The van der Waals surface area contributed by atoms with Crippen LogP contribution in [0.5, 0.6) is 0 Å². The van der Waals surface area contributed by atoms with Crippen LogP contribution in [0.3, 0.4) is 0 Å². The predicted octanol–water partition coefficient (Wildman–Crippen LogP) is 6.40. The molecule has 0 unspecified atom stereocenters. The fourth-order valence-electron chi connectivity index (χ4n) is 2.98. The van der Waals surface area contributed by atoms with Crippen LogP contribution >= 0.6 is 0 Å². The summed E-state index contributed by atoms with van der Waals surface area (Å²) in [6.45, 7) is 6.93. The molecular weight excluding hydrogens is 272 g/mol. The van der Waals surface area contributed by atoms with Gasteiger partial charge in [-0.2, -0.15) is 0 Å². The van der Waals surface area contributed by atoms with E-state index < -0.39 is 5.79 Å². The van der Waals surface area contributed by atoms with Crippen LogP contribution in [0.4, 0.5) is 0 Å². The molecule has 0 saturated carbocycles. The molecule has 22 heavy (non-hydrogen) atoms. The van der Waals surface area contributed by atoms with Crippen LogP contribution in [0, 0.1) is 0 Å². The minimum Gasteiger partial charge on any atom is -0.347 e. The Morgan fingerprint density at radius 1 is 0.864 bits per heavy atom. The Morgan fingerprint density at radius 3 is 1.91 bits per heavy atom. The first kappa shape index (κ1) is 19.7. The second-order valence-corrected chi connectivity index (χ2v) is 7.12. The zero-order valence-electron chi connectivity index (χ0n) is 15.2. The third-order valence-corrected chi connectivity index (χ3v) is 4.36. The molecule has 1 aliphatic heterocycles. The van der Waals surface area contributed by atoms with Crippen molar-refractivity contribution in [3.63, 3.8) is 0 Å². The van der Waals surface area contributed by atoms with Crippen LogP contribution in [-0.4, -0.2) is 18.5 Å². The highest BCUT2D eigenvalue weighted by atomic mass is 16.7. The summed E-state index contributed by atoms with van der Waals surface area (Å²) in [4.78, 5) is 0.